The maximum absolute atomic E-state index is 11.7. The van der Waals surface area contributed by atoms with Gasteiger partial charge in [-0.1, -0.05) is 19.1 Å². The van der Waals surface area contributed by atoms with E-state index in [9.17, 15) is 8.42 Å². The van der Waals surface area contributed by atoms with Gasteiger partial charge in [-0.05, 0) is 56.5 Å². The van der Waals surface area contributed by atoms with E-state index in [1.54, 1.807) is 13.1 Å². The molecule has 1 aliphatic rings. The number of nitrogens with one attached hydrogen (secondary N) is 2. The van der Waals surface area contributed by atoms with E-state index in [0.717, 1.165) is 30.1 Å². The number of aryl methyl sites for hydroxylation is 1. The zero-order chi connectivity index (χ0) is 19.2. The van der Waals surface area contributed by atoms with Gasteiger partial charge in [-0.3, -0.25) is 9.89 Å². The summed E-state index contributed by atoms with van der Waals surface area (Å²) in [7, 11) is -1.41. The molecule has 1 fully saturated rings. The molecule has 1 aromatic rings. The SMILES string of the molecule is CCC(CNC(=NC)NCc1ccc(S(C)(=O)=O)c(C)c1)N1CCCC1.I. The van der Waals surface area contributed by atoms with E-state index in [0.29, 0.717) is 17.5 Å². The summed E-state index contributed by atoms with van der Waals surface area (Å²) in [6.45, 7) is 7.92. The lowest BCUT2D eigenvalue weighted by Crippen LogP contribution is -2.46. The van der Waals surface area contributed by atoms with Gasteiger partial charge in [-0.25, -0.2) is 8.42 Å². The van der Waals surface area contributed by atoms with Crippen molar-refractivity contribution in [2.75, 3.05) is 32.9 Å². The maximum Gasteiger partial charge on any atom is 0.191 e. The molecular weight excluding hydrogens is 475 g/mol. The summed E-state index contributed by atoms with van der Waals surface area (Å²) in [6, 6.07) is 5.98. The standard InChI is InChI=1S/C19H32N4O2S.HI/c1-5-17(23-10-6-7-11-23)14-22-19(20-3)21-13-16-8-9-18(15(2)12-16)26(4,24)25;/h8-9,12,17H,5-7,10-11,13-14H2,1-4H3,(H2,20,21,22);1H. The van der Waals surface area contributed by atoms with Crippen LogP contribution in [0.5, 0.6) is 0 Å². The molecule has 2 rings (SSSR count). The van der Waals surface area contributed by atoms with Crippen molar-refractivity contribution in [3.63, 3.8) is 0 Å². The Hall–Kier alpha value is -0.870. The third-order valence-corrected chi connectivity index (χ3v) is 6.21. The molecule has 27 heavy (non-hydrogen) atoms. The van der Waals surface area contributed by atoms with E-state index >= 15 is 0 Å². The molecular formula is C19H33IN4O2S. The number of rotatable bonds is 7. The Bertz CT molecular complexity index is 731. The van der Waals surface area contributed by atoms with Crippen LogP contribution in [0.25, 0.3) is 0 Å². The lowest BCUT2D eigenvalue weighted by Gasteiger charge is -2.27. The summed E-state index contributed by atoms with van der Waals surface area (Å²) in [6.07, 6.45) is 4.96. The number of benzene rings is 1. The highest BCUT2D eigenvalue weighted by Gasteiger charge is 2.20. The third kappa shape index (κ3) is 7.23. The summed E-state index contributed by atoms with van der Waals surface area (Å²) < 4.78 is 23.4. The Morgan fingerprint density at radius 2 is 1.93 bits per heavy atom. The van der Waals surface area contributed by atoms with Crippen molar-refractivity contribution in [1.82, 2.24) is 15.5 Å². The fraction of sp³-hybridized carbons (Fsp3) is 0.632. The monoisotopic (exact) mass is 508 g/mol. The third-order valence-electron chi connectivity index (χ3n) is 4.96. The number of hydrogen-bond acceptors (Lipinski definition) is 4. The van der Waals surface area contributed by atoms with Crippen molar-refractivity contribution < 1.29 is 8.42 Å². The molecule has 0 aromatic heterocycles. The highest BCUT2D eigenvalue weighted by molar-refractivity contribution is 14.0. The van der Waals surface area contributed by atoms with Gasteiger partial charge in [0.05, 0.1) is 4.90 Å². The number of sulfone groups is 1. The maximum atomic E-state index is 11.7. The summed E-state index contributed by atoms with van der Waals surface area (Å²) in [5, 5.41) is 6.73. The number of guanidine groups is 1. The lowest BCUT2D eigenvalue weighted by atomic mass is 10.1. The molecule has 0 amide bonds. The summed E-state index contributed by atoms with van der Waals surface area (Å²) in [4.78, 5) is 7.23. The van der Waals surface area contributed by atoms with Crippen LogP contribution in [0.1, 0.15) is 37.3 Å². The van der Waals surface area contributed by atoms with Gasteiger partial charge in [-0.15, -0.1) is 24.0 Å². The first-order chi connectivity index (χ1) is 12.3. The second-order valence-electron chi connectivity index (χ2n) is 6.98. The molecule has 1 aromatic carbocycles. The molecule has 0 aliphatic carbocycles. The molecule has 0 saturated carbocycles. The topological polar surface area (TPSA) is 73.8 Å². The van der Waals surface area contributed by atoms with Crippen LogP contribution >= 0.6 is 24.0 Å². The van der Waals surface area contributed by atoms with Gasteiger partial charge >= 0.3 is 0 Å². The molecule has 1 heterocycles. The summed E-state index contributed by atoms with van der Waals surface area (Å²) >= 11 is 0. The minimum atomic E-state index is -3.18. The van der Waals surface area contributed by atoms with Crippen LogP contribution < -0.4 is 10.6 Å². The number of aliphatic imine (C=N–C) groups is 1. The predicted octanol–water partition coefficient (Wildman–Crippen LogP) is 2.56. The number of hydrogen-bond donors (Lipinski definition) is 2. The fourth-order valence-corrected chi connectivity index (χ4v) is 4.46. The van der Waals surface area contributed by atoms with Crippen LogP contribution in [0.4, 0.5) is 0 Å². The van der Waals surface area contributed by atoms with Gasteiger partial charge < -0.3 is 10.6 Å². The molecule has 154 valence electrons. The fourth-order valence-electron chi connectivity index (χ4n) is 3.50. The van der Waals surface area contributed by atoms with Crippen molar-refractivity contribution in [3.8, 4) is 0 Å². The molecule has 6 nitrogen and oxygen atoms in total. The van der Waals surface area contributed by atoms with Gasteiger partial charge in [0.25, 0.3) is 0 Å². The van der Waals surface area contributed by atoms with Crippen LogP contribution in [0.3, 0.4) is 0 Å². The molecule has 1 unspecified atom stereocenters. The van der Waals surface area contributed by atoms with Gasteiger partial charge in [0, 0.05) is 32.4 Å². The Morgan fingerprint density at radius 3 is 2.44 bits per heavy atom. The average Bonchev–Trinajstić information content (AvgIpc) is 3.11. The molecule has 1 saturated heterocycles. The molecule has 1 aliphatic heterocycles. The van der Waals surface area contributed by atoms with Crippen molar-refractivity contribution in [3.05, 3.63) is 29.3 Å². The van der Waals surface area contributed by atoms with E-state index in [2.05, 4.69) is 27.4 Å². The molecule has 8 heteroatoms. The van der Waals surface area contributed by atoms with Crippen LogP contribution in [-0.4, -0.2) is 58.3 Å². The molecule has 1 atom stereocenters. The van der Waals surface area contributed by atoms with E-state index in [1.165, 1.54) is 32.2 Å². The quantitative estimate of drug-likeness (QED) is 0.337. The summed E-state index contributed by atoms with van der Waals surface area (Å²) in [5.74, 6) is 0.771. The molecule has 0 radical (unpaired) electrons. The minimum Gasteiger partial charge on any atom is -0.355 e. The van der Waals surface area contributed by atoms with E-state index in [1.807, 2.05) is 19.1 Å². The average molecular weight is 508 g/mol. The van der Waals surface area contributed by atoms with Gasteiger partial charge in [0.15, 0.2) is 15.8 Å². The van der Waals surface area contributed by atoms with Gasteiger partial charge in [-0.2, -0.15) is 0 Å². The molecule has 2 N–H and O–H groups in total. The zero-order valence-electron chi connectivity index (χ0n) is 16.8. The number of halogens is 1. The van der Waals surface area contributed by atoms with Crippen molar-refractivity contribution in [2.45, 2.75) is 50.6 Å². The second kappa shape index (κ2) is 11.2. The lowest BCUT2D eigenvalue weighted by molar-refractivity contribution is 0.236. The van der Waals surface area contributed by atoms with Crippen molar-refractivity contribution in [1.29, 1.82) is 0 Å². The molecule has 0 bridgehead atoms. The first kappa shape index (κ1) is 24.2. The highest BCUT2D eigenvalue weighted by Crippen LogP contribution is 2.16. The molecule has 0 spiro atoms. The van der Waals surface area contributed by atoms with Crippen LogP contribution in [0.15, 0.2) is 28.1 Å². The first-order valence-electron chi connectivity index (χ1n) is 9.33. The Labute approximate surface area is 181 Å². The van der Waals surface area contributed by atoms with Gasteiger partial charge in [0.2, 0.25) is 0 Å². The normalized spacial score (nSPS) is 16.7. The second-order valence-corrected chi connectivity index (χ2v) is 8.97. The minimum absolute atomic E-state index is 0. The Morgan fingerprint density at radius 1 is 1.26 bits per heavy atom. The summed E-state index contributed by atoms with van der Waals surface area (Å²) in [5.41, 5.74) is 1.80. The van der Waals surface area contributed by atoms with Crippen molar-refractivity contribution in [2.24, 2.45) is 4.99 Å². The largest absolute Gasteiger partial charge is 0.355 e. The van der Waals surface area contributed by atoms with Crippen LogP contribution in [-0.2, 0) is 16.4 Å². The van der Waals surface area contributed by atoms with Crippen LogP contribution in [0, 0.1) is 6.92 Å². The number of likely N-dealkylation sites (tertiary alicyclic amines) is 1. The Kier molecular flexibility index (Phi) is 10.0. The first-order valence-corrected chi connectivity index (χ1v) is 11.2. The zero-order valence-corrected chi connectivity index (χ0v) is 19.9. The predicted molar refractivity (Wildman–Crippen MR) is 123 cm³/mol. The van der Waals surface area contributed by atoms with Crippen LogP contribution in [0.2, 0.25) is 0 Å². The van der Waals surface area contributed by atoms with E-state index in [-0.39, 0.29) is 24.0 Å². The smallest absolute Gasteiger partial charge is 0.191 e. The number of nitrogens with zero attached hydrogens (tertiary/aromatic N) is 2. The Balaban J connectivity index is 0.00000364. The highest BCUT2D eigenvalue weighted by atomic mass is 127. The van der Waals surface area contributed by atoms with Crippen molar-refractivity contribution >= 4 is 39.8 Å². The van der Waals surface area contributed by atoms with E-state index < -0.39 is 9.84 Å². The van der Waals surface area contributed by atoms with Gasteiger partial charge in [0.1, 0.15) is 0 Å². The van der Waals surface area contributed by atoms with E-state index in [4.69, 9.17) is 0 Å².